The quantitative estimate of drug-likeness (QED) is 0.762. The van der Waals surface area contributed by atoms with Crippen molar-refractivity contribution in [2.24, 2.45) is 10.9 Å². The largest absolute Gasteiger partial charge is 0.346 e. The van der Waals surface area contributed by atoms with Gasteiger partial charge in [-0.15, -0.1) is 0 Å². The predicted octanol–water partition coefficient (Wildman–Crippen LogP) is 2.51. The van der Waals surface area contributed by atoms with Crippen LogP contribution in [0, 0.1) is 11.7 Å². The molecule has 2 fully saturated rings. The van der Waals surface area contributed by atoms with Crippen LogP contribution in [0.4, 0.5) is 4.39 Å². The number of benzene rings is 1. The summed E-state index contributed by atoms with van der Waals surface area (Å²) in [4.78, 5) is 18.5. The molecule has 0 unspecified atom stereocenters. The van der Waals surface area contributed by atoms with Crippen molar-refractivity contribution in [1.82, 2.24) is 4.90 Å². The molecule has 8 heteroatoms. The fourth-order valence-electron chi connectivity index (χ4n) is 3.18. The summed E-state index contributed by atoms with van der Waals surface area (Å²) >= 11 is 1.40. The zero-order valence-corrected chi connectivity index (χ0v) is 16.5. The second-order valence-corrected chi connectivity index (χ2v) is 10.3. The number of hydrogen-bond acceptors (Lipinski definition) is 4. The van der Waals surface area contributed by atoms with Gasteiger partial charge in [0.15, 0.2) is 15.0 Å². The Morgan fingerprint density at radius 2 is 2.04 bits per heavy atom. The fourth-order valence-corrected chi connectivity index (χ4v) is 7.16. The van der Waals surface area contributed by atoms with Crippen molar-refractivity contribution >= 4 is 32.7 Å². The van der Waals surface area contributed by atoms with Gasteiger partial charge < -0.3 is 4.90 Å². The van der Waals surface area contributed by atoms with Crippen LogP contribution < -0.4 is 0 Å². The van der Waals surface area contributed by atoms with E-state index in [0.29, 0.717) is 18.1 Å². The van der Waals surface area contributed by atoms with Crippen LogP contribution in [0.3, 0.4) is 0 Å². The Labute approximate surface area is 158 Å². The Bertz CT molecular complexity index is 808. The summed E-state index contributed by atoms with van der Waals surface area (Å²) in [7, 11) is -3.05. The minimum Gasteiger partial charge on any atom is -0.346 e. The van der Waals surface area contributed by atoms with Crippen molar-refractivity contribution in [2.75, 3.05) is 18.1 Å². The Kier molecular flexibility index (Phi) is 5.72. The summed E-state index contributed by atoms with van der Waals surface area (Å²) in [5.74, 6) is -0.360. The van der Waals surface area contributed by atoms with Gasteiger partial charge >= 0.3 is 0 Å². The molecular formula is C18H23FN2O3S2. The molecule has 0 aromatic heterocycles. The zero-order valence-electron chi connectivity index (χ0n) is 14.9. The lowest BCUT2D eigenvalue weighted by atomic mass is 10.1. The highest BCUT2D eigenvalue weighted by atomic mass is 32.2. The lowest BCUT2D eigenvalue weighted by molar-refractivity contribution is -0.121. The maximum absolute atomic E-state index is 13.1. The molecular weight excluding hydrogens is 375 g/mol. The molecule has 1 aromatic rings. The van der Waals surface area contributed by atoms with Gasteiger partial charge in [0.05, 0.1) is 17.5 Å². The third kappa shape index (κ3) is 4.28. The smallest absolute Gasteiger partial charge is 0.250 e. The van der Waals surface area contributed by atoms with Crippen LogP contribution in [-0.2, 0) is 21.1 Å². The number of rotatable bonds is 5. The standard InChI is InChI=1S/C18H23FN2O3S2/c1-3-12(2)17(22)20-18-21(9-8-13-4-6-14(19)7-5-13)15-10-26(23,24)11-16(15)25-18/h4-7,12,15-16H,3,8-11H2,1-2H3/t12-,15-,16+/m1/s1. The number of halogens is 1. The van der Waals surface area contributed by atoms with Gasteiger partial charge in [-0.1, -0.05) is 37.7 Å². The van der Waals surface area contributed by atoms with Gasteiger partial charge in [0.1, 0.15) is 5.82 Å². The van der Waals surface area contributed by atoms with Gasteiger partial charge in [-0.2, -0.15) is 4.99 Å². The van der Waals surface area contributed by atoms with Crippen molar-refractivity contribution < 1.29 is 17.6 Å². The number of sulfone groups is 1. The maximum atomic E-state index is 13.1. The average molecular weight is 399 g/mol. The average Bonchev–Trinajstić information content (AvgIpc) is 3.05. The summed E-state index contributed by atoms with van der Waals surface area (Å²) < 4.78 is 37.1. The summed E-state index contributed by atoms with van der Waals surface area (Å²) in [6, 6.07) is 6.14. The number of carbonyl (C=O) groups is 1. The van der Waals surface area contributed by atoms with Crippen molar-refractivity contribution in [3.8, 4) is 0 Å². The van der Waals surface area contributed by atoms with Gasteiger partial charge in [0.2, 0.25) is 0 Å². The van der Waals surface area contributed by atoms with Crippen molar-refractivity contribution in [1.29, 1.82) is 0 Å². The van der Waals surface area contributed by atoms with Crippen molar-refractivity contribution in [2.45, 2.75) is 38.0 Å². The summed E-state index contributed by atoms with van der Waals surface area (Å²) in [5, 5.41) is 0.555. The number of aliphatic imine (C=N–C) groups is 1. The first kappa shape index (κ1) is 19.4. The lowest BCUT2D eigenvalue weighted by Gasteiger charge is -2.24. The SMILES string of the molecule is CC[C@@H](C)C(=O)N=C1S[C@H]2CS(=O)(=O)C[C@H]2N1CCc1ccc(F)cc1. The van der Waals surface area contributed by atoms with Crippen LogP contribution in [-0.4, -0.2) is 53.7 Å². The van der Waals surface area contributed by atoms with E-state index in [0.717, 1.165) is 12.0 Å². The topological polar surface area (TPSA) is 66.8 Å². The molecule has 142 valence electrons. The van der Waals surface area contributed by atoms with E-state index < -0.39 is 9.84 Å². The van der Waals surface area contributed by atoms with E-state index >= 15 is 0 Å². The third-order valence-corrected chi connectivity index (χ3v) is 8.22. The molecule has 2 saturated heterocycles. The molecule has 0 N–H and O–H groups in total. The Morgan fingerprint density at radius 3 is 2.69 bits per heavy atom. The first-order chi connectivity index (χ1) is 12.3. The third-order valence-electron chi connectivity index (χ3n) is 4.97. The number of amidine groups is 1. The zero-order chi connectivity index (χ0) is 18.9. The van der Waals surface area contributed by atoms with Gasteiger partial charge in [-0.05, 0) is 30.5 Å². The number of fused-ring (bicyclic) bond motifs is 1. The number of thioether (sulfide) groups is 1. The molecule has 0 aliphatic carbocycles. The Hall–Kier alpha value is -1.41. The lowest BCUT2D eigenvalue weighted by Crippen LogP contribution is -2.39. The van der Waals surface area contributed by atoms with Crippen LogP contribution in [0.1, 0.15) is 25.8 Å². The molecule has 3 atom stereocenters. The van der Waals surface area contributed by atoms with E-state index in [-0.39, 0.29) is 40.4 Å². The fraction of sp³-hybridized carbons (Fsp3) is 0.556. The highest BCUT2D eigenvalue weighted by molar-refractivity contribution is 8.15. The van der Waals surface area contributed by atoms with Crippen LogP contribution in [0.15, 0.2) is 29.3 Å². The second-order valence-electron chi connectivity index (χ2n) is 6.91. The maximum Gasteiger partial charge on any atom is 0.250 e. The number of hydrogen-bond donors (Lipinski definition) is 0. The van der Waals surface area contributed by atoms with Crippen LogP contribution in [0.25, 0.3) is 0 Å². The number of carbonyl (C=O) groups excluding carboxylic acids is 1. The summed E-state index contributed by atoms with van der Waals surface area (Å²) in [5.41, 5.74) is 0.966. The highest BCUT2D eigenvalue weighted by Crippen LogP contribution is 2.38. The van der Waals surface area contributed by atoms with E-state index in [9.17, 15) is 17.6 Å². The Morgan fingerprint density at radius 1 is 1.35 bits per heavy atom. The van der Waals surface area contributed by atoms with Gasteiger partial charge in [-0.25, -0.2) is 12.8 Å². The molecule has 5 nitrogen and oxygen atoms in total. The van der Waals surface area contributed by atoms with Crippen molar-refractivity contribution in [3.05, 3.63) is 35.6 Å². The van der Waals surface area contributed by atoms with Crippen LogP contribution in [0.2, 0.25) is 0 Å². The van der Waals surface area contributed by atoms with E-state index in [1.807, 2.05) is 18.7 Å². The molecule has 0 radical (unpaired) electrons. The minimum atomic E-state index is -3.05. The summed E-state index contributed by atoms with van der Waals surface area (Å²) in [6.07, 6.45) is 1.36. The molecule has 0 saturated carbocycles. The Balaban J connectivity index is 1.79. The van der Waals surface area contributed by atoms with E-state index in [4.69, 9.17) is 0 Å². The van der Waals surface area contributed by atoms with E-state index in [2.05, 4.69) is 4.99 Å². The monoisotopic (exact) mass is 398 g/mol. The molecule has 1 aromatic carbocycles. The molecule has 3 rings (SSSR count). The number of amides is 1. The first-order valence-electron chi connectivity index (χ1n) is 8.79. The van der Waals surface area contributed by atoms with Gasteiger partial charge in [-0.3, -0.25) is 4.79 Å². The van der Waals surface area contributed by atoms with E-state index in [1.54, 1.807) is 12.1 Å². The molecule has 0 spiro atoms. The molecule has 2 aliphatic rings. The van der Waals surface area contributed by atoms with Crippen LogP contribution in [0.5, 0.6) is 0 Å². The highest BCUT2D eigenvalue weighted by Gasteiger charge is 2.48. The minimum absolute atomic E-state index is 0.0725. The molecule has 1 amide bonds. The normalized spacial score (nSPS) is 26.9. The van der Waals surface area contributed by atoms with E-state index in [1.165, 1.54) is 23.9 Å². The van der Waals surface area contributed by atoms with Crippen LogP contribution >= 0.6 is 11.8 Å². The molecule has 26 heavy (non-hydrogen) atoms. The molecule has 0 bridgehead atoms. The van der Waals surface area contributed by atoms with Crippen molar-refractivity contribution in [3.63, 3.8) is 0 Å². The molecule has 2 aliphatic heterocycles. The van der Waals surface area contributed by atoms with Gasteiger partial charge in [0.25, 0.3) is 5.91 Å². The molecule has 2 heterocycles. The first-order valence-corrected chi connectivity index (χ1v) is 11.5. The summed E-state index contributed by atoms with van der Waals surface area (Å²) in [6.45, 7) is 4.35. The number of nitrogens with zero attached hydrogens (tertiary/aromatic N) is 2. The predicted molar refractivity (Wildman–Crippen MR) is 103 cm³/mol. The van der Waals surface area contributed by atoms with Gasteiger partial charge in [0, 0.05) is 17.7 Å². The second kappa shape index (κ2) is 7.68.